The minimum Gasteiger partial charge on any atom is -0.205 e. The molecule has 0 heterocycles. The van der Waals surface area contributed by atoms with E-state index in [1.54, 1.807) is 12.1 Å². The van der Waals surface area contributed by atoms with Gasteiger partial charge in [0.25, 0.3) is 0 Å². The van der Waals surface area contributed by atoms with Crippen LogP contribution in [0.5, 0.6) is 0 Å². The minimum atomic E-state index is -0.334. The van der Waals surface area contributed by atoms with Crippen molar-refractivity contribution >= 4 is 17.2 Å². The van der Waals surface area contributed by atoms with Crippen LogP contribution in [-0.2, 0) is 0 Å². The molecule has 3 rings (SSSR count). The van der Waals surface area contributed by atoms with Gasteiger partial charge in [-0.3, -0.25) is 0 Å². The number of allylic oxidation sites excluding steroid dienone is 4. The maximum absolute atomic E-state index is 13.7. The molecule has 0 radical (unpaired) electrons. The lowest BCUT2D eigenvalue weighted by molar-refractivity contribution is 0.218. The van der Waals surface area contributed by atoms with Crippen molar-refractivity contribution in [3.8, 4) is 0 Å². The summed E-state index contributed by atoms with van der Waals surface area (Å²) in [5.41, 5.74) is 2.06. The second-order valence-corrected chi connectivity index (χ2v) is 9.29. The third kappa shape index (κ3) is 6.21. The number of unbranched alkanes of at least 4 members (excludes halogenated alkanes) is 5. The number of rotatable bonds is 9. The van der Waals surface area contributed by atoms with Gasteiger partial charge in [0.1, 0.15) is 5.82 Å². The van der Waals surface area contributed by atoms with E-state index in [0.717, 1.165) is 29.4 Å². The first-order valence-corrected chi connectivity index (χ1v) is 11.9. The van der Waals surface area contributed by atoms with Gasteiger partial charge in [-0.15, -0.1) is 0 Å². The van der Waals surface area contributed by atoms with Crippen molar-refractivity contribution < 1.29 is 4.39 Å². The zero-order valence-corrected chi connectivity index (χ0v) is 18.2. The van der Waals surface area contributed by atoms with Crippen LogP contribution < -0.4 is 0 Å². The Morgan fingerprint density at radius 1 is 1.00 bits per heavy atom. The van der Waals surface area contributed by atoms with Crippen molar-refractivity contribution in [3.63, 3.8) is 0 Å². The Bertz CT molecular complexity index is 667. The van der Waals surface area contributed by atoms with Crippen LogP contribution in [0.4, 0.5) is 4.39 Å². The molecule has 1 aromatic carbocycles. The fraction of sp³-hybridized carbons (Fsp3) is 0.615. The molecule has 1 aromatic rings. The van der Waals surface area contributed by atoms with Crippen LogP contribution in [0, 0.1) is 23.6 Å². The molecule has 1 saturated carbocycles. The Morgan fingerprint density at radius 2 is 1.75 bits per heavy atom. The van der Waals surface area contributed by atoms with Gasteiger partial charge < -0.3 is 0 Å². The van der Waals surface area contributed by atoms with E-state index in [4.69, 9.17) is 11.6 Å². The summed E-state index contributed by atoms with van der Waals surface area (Å²) in [7, 11) is 0. The average molecular weight is 403 g/mol. The van der Waals surface area contributed by atoms with E-state index in [2.05, 4.69) is 25.2 Å². The molecular formula is C26H36ClF. The molecule has 0 amide bonds. The summed E-state index contributed by atoms with van der Waals surface area (Å²) in [5.74, 6) is 2.13. The van der Waals surface area contributed by atoms with Crippen LogP contribution in [0.25, 0.3) is 5.57 Å². The molecule has 0 saturated heterocycles. The molecule has 1 unspecified atom stereocenters. The molecule has 0 aliphatic heterocycles. The summed E-state index contributed by atoms with van der Waals surface area (Å²) < 4.78 is 13.7. The fourth-order valence-electron chi connectivity index (χ4n) is 4.99. The first-order valence-electron chi connectivity index (χ1n) is 11.5. The summed E-state index contributed by atoms with van der Waals surface area (Å²) >= 11 is 5.80. The zero-order chi connectivity index (χ0) is 19.8. The van der Waals surface area contributed by atoms with E-state index in [0.29, 0.717) is 5.92 Å². The lowest BCUT2D eigenvalue weighted by Gasteiger charge is -2.33. The van der Waals surface area contributed by atoms with Crippen molar-refractivity contribution in [2.75, 3.05) is 0 Å². The highest BCUT2D eigenvalue weighted by atomic mass is 35.5. The quantitative estimate of drug-likeness (QED) is 0.361. The van der Waals surface area contributed by atoms with E-state index < -0.39 is 0 Å². The van der Waals surface area contributed by atoms with Gasteiger partial charge in [-0.1, -0.05) is 101 Å². The molecule has 1 fully saturated rings. The Balaban J connectivity index is 1.38. The van der Waals surface area contributed by atoms with Crippen LogP contribution in [0.2, 0.25) is 5.02 Å². The number of hydrogen-bond acceptors (Lipinski definition) is 0. The topological polar surface area (TPSA) is 0 Å². The van der Waals surface area contributed by atoms with Crippen LogP contribution in [0.3, 0.4) is 0 Å². The molecule has 154 valence electrons. The number of hydrogen-bond donors (Lipinski definition) is 0. The van der Waals surface area contributed by atoms with Crippen LogP contribution >= 0.6 is 11.6 Å². The number of benzene rings is 1. The molecule has 2 aliphatic rings. The van der Waals surface area contributed by atoms with Crippen molar-refractivity contribution in [1.82, 2.24) is 0 Å². The molecule has 0 aromatic heterocycles. The van der Waals surface area contributed by atoms with E-state index in [-0.39, 0.29) is 10.8 Å². The summed E-state index contributed by atoms with van der Waals surface area (Å²) in [4.78, 5) is 0. The highest BCUT2D eigenvalue weighted by Gasteiger charge is 2.26. The van der Waals surface area contributed by atoms with Crippen molar-refractivity contribution in [3.05, 3.63) is 52.8 Å². The van der Waals surface area contributed by atoms with E-state index in [9.17, 15) is 4.39 Å². The third-order valence-corrected chi connectivity index (χ3v) is 7.16. The molecule has 2 heteroatoms. The summed E-state index contributed by atoms with van der Waals surface area (Å²) in [6.07, 6.45) is 23.5. The molecule has 0 bridgehead atoms. The predicted molar refractivity (Wildman–Crippen MR) is 120 cm³/mol. The average Bonchev–Trinajstić information content (AvgIpc) is 2.73. The van der Waals surface area contributed by atoms with Gasteiger partial charge in [0, 0.05) is 0 Å². The monoisotopic (exact) mass is 402 g/mol. The molecule has 2 aliphatic carbocycles. The first-order chi connectivity index (χ1) is 13.7. The Hall–Kier alpha value is -1.08. The zero-order valence-electron chi connectivity index (χ0n) is 17.4. The minimum absolute atomic E-state index is 0.194. The second-order valence-electron chi connectivity index (χ2n) is 8.88. The first kappa shape index (κ1) is 21.6. The SMILES string of the molecule is CCCCCCCC[C@H]1CC[C@H](C2C=CC(c3ccc(Cl)c(F)c3)=CC2)CC1. The van der Waals surface area contributed by atoms with Crippen LogP contribution in [0.15, 0.2) is 36.4 Å². The number of halogens is 2. The smallest absolute Gasteiger partial charge is 0.142 e. The molecular weight excluding hydrogens is 367 g/mol. The van der Waals surface area contributed by atoms with Crippen molar-refractivity contribution in [2.24, 2.45) is 17.8 Å². The maximum atomic E-state index is 13.7. The fourth-order valence-corrected chi connectivity index (χ4v) is 5.11. The Labute approximate surface area is 176 Å². The maximum Gasteiger partial charge on any atom is 0.142 e. The molecule has 0 N–H and O–H groups in total. The van der Waals surface area contributed by atoms with Gasteiger partial charge in [-0.25, -0.2) is 4.39 Å². The lowest BCUT2D eigenvalue weighted by atomic mass is 9.72. The normalized spacial score (nSPS) is 25.0. The summed E-state index contributed by atoms with van der Waals surface area (Å²) in [6.45, 7) is 2.29. The second kappa shape index (κ2) is 11.2. The van der Waals surface area contributed by atoms with Crippen molar-refractivity contribution in [2.45, 2.75) is 84.0 Å². The van der Waals surface area contributed by atoms with Gasteiger partial charge in [-0.2, -0.15) is 0 Å². The Kier molecular flexibility index (Phi) is 8.65. The predicted octanol–water partition coefficient (Wildman–Crippen LogP) is 9.00. The Morgan fingerprint density at radius 3 is 2.43 bits per heavy atom. The van der Waals surface area contributed by atoms with Gasteiger partial charge in [-0.05, 0) is 60.3 Å². The van der Waals surface area contributed by atoms with Gasteiger partial charge in [0.05, 0.1) is 5.02 Å². The van der Waals surface area contributed by atoms with Crippen LogP contribution in [0.1, 0.15) is 89.5 Å². The van der Waals surface area contributed by atoms with E-state index in [1.807, 2.05) is 6.07 Å². The van der Waals surface area contributed by atoms with Crippen LogP contribution in [-0.4, -0.2) is 0 Å². The highest BCUT2D eigenvalue weighted by Crippen LogP contribution is 2.39. The van der Waals surface area contributed by atoms with Crippen molar-refractivity contribution in [1.29, 1.82) is 0 Å². The third-order valence-electron chi connectivity index (χ3n) is 6.85. The molecule has 28 heavy (non-hydrogen) atoms. The van der Waals surface area contributed by atoms with E-state index >= 15 is 0 Å². The highest BCUT2D eigenvalue weighted by molar-refractivity contribution is 6.30. The summed E-state index contributed by atoms with van der Waals surface area (Å²) in [6, 6.07) is 5.11. The van der Waals surface area contributed by atoms with Gasteiger partial charge >= 0.3 is 0 Å². The summed E-state index contributed by atoms with van der Waals surface area (Å²) in [5, 5.41) is 0.194. The van der Waals surface area contributed by atoms with Gasteiger partial charge in [0.2, 0.25) is 0 Å². The van der Waals surface area contributed by atoms with Gasteiger partial charge in [0.15, 0.2) is 0 Å². The molecule has 0 nitrogen and oxygen atoms in total. The standard InChI is InChI=1S/C26H36ClF/c1-2-3-4-5-6-7-8-20-9-11-21(12-10-20)22-13-15-23(16-14-22)24-17-18-25(27)26(28)19-24/h13,15-22H,2-12,14H2,1H3/t20-,21-,22?. The lowest BCUT2D eigenvalue weighted by Crippen LogP contribution is -2.21. The van der Waals surface area contributed by atoms with E-state index in [1.165, 1.54) is 70.6 Å². The largest absolute Gasteiger partial charge is 0.205 e. The molecule has 1 atom stereocenters. The molecule has 0 spiro atoms.